The number of carbonyl (C=O) groups excluding carboxylic acids is 13. The second-order valence-electron chi connectivity index (χ2n) is 30.6. The van der Waals surface area contributed by atoms with E-state index in [2.05, 4.69) is 53.4 Å². The first-order valence-electron chi connectivity index (χ1n) is 37.3. The van der Waals surface area contributed by atoms with Crippen LogP contribution in [0.15, 0.2) is 79.7 Å². The van der Waals surface area contributed by atoms with E-state index in [0.29, 0.717) is 50.0 Å². The molecule has 3 aromatic carbocycles. The summed E-state index contributed by atoms with van der Waals surface area (Å²) >= 11 is 1.67. The van der Waals surface area contributed by atoms with E-state index in [1.165, 1.54) is 82.9 Å². The highest BCUT2D eigenvalue weighted by Gasteiger charge is 2.48. The topological polar surface area (TPSA) is 421 Å². The van der Waals surface area contributed by atoms with Gasteiger partial charge in [-0.1, -0.05) is 104 Å². The fourth-order valence-electron chi connectivity index (χ4n) is 15.0. The predicted octanol–water partition coefficient (Wildman–Crippen LogP) is 6.61. The van der Waals surface area contributed by atoms with Gasteiger partial charge in [-0.15, -0.1) is 0 Å². The number of methoxy groups -OCH3 is 1. The second-order valence-corrected chi connectivity index (χ2v) is 31.7. The van der Waals surface area contributed by atoms with Crippen molar-refractivity contribution < 1.29 is 81.0 Å². The average Bonchev–Trinajstić information content (AvgIpc) is 1.55. The van der Waals surface area contributed by atoms with Crippen molar-refractivity contribution in [1.82, 2.24) is 55.8 Å². The summed E-state index contributed by atoms with van der Waals surface area (Å²) in [4.78, 5) is 218. The zero-order valence-electron chi connectivity index (χ0n) is 65.7. The molecule has 9 amide bonds. The third kappa shape index (κ3) is 18.5. The van der Waals surface area contributed by atoms with E-state index >= 15 is 9.59 Å². The summed E-state index contributed by atoms with van der Waals surface area (Å²) in [6.07, 6.45) is -1.20. The lowest BCUT2D eigenvalue weighted by Crippen LogP contribution is -2.59. The number of imidazole rings is 1. The fraction of sp³-hybridized carbons (Fsp3) is 0.519. The van der Waals surface area contributed by atoms with Crippen LogP contribution in [0.2, 0.25) is 0 Å². The van der Waals surface area contributed by atoms with Crippen LogP contribution < -0.4 is 37.7 Å². The Bertz CT molecular complexity index is 4640. The minimum Gasteiger partial charge on any atom is -0.458 e. The molecule has 3 aliphatic heterocycles. The Kier molecular flexibility index (Phi) is 26.9. The SMILES string of the molecule is COC(=O)Nc1nc2ccc(Sc3ccccc3)cc2[nH]1.Cc1c2oc3c(C)ccc(C(=O)NC4C(=O)NC(C(C)C)C(=O)C5CCCC5C(=O)N(C)CC(=O)N(C)C(C(C)C)C(=O)OC4C)c3nc-2c(C(=O)NC2C(=O)NC(C(C)C)C(=O)C3CCCC3C(=O)N(C)CC(=O)N(C)C(C(C)C)C(=O)OC2C)c(N)c1=O. The van der Waals surface area contributed by atoms with Crippen molar-refractivity contribution in [3.05, 3.63) is 93.1 Å². The number of nitrogen functional groups attached to an aromatic ring is 1. The average molecular weight is 1550 g/mol. The Morgan fingerprint density at radius 2 is 1.10 bits per heavy atom. The van der Waals surface area contributed by atoms with Crippen molar-refractivity contribution in [2.24, 2.45) is 47.3 Å². The number of amides is 9. The summed E-state index contributed by atoms with van der Waals surface area (Å²) in [5.41, 5.74) is 5.32. The standard InChI is InChI=1S/C64H88N10O16.C15H13N3O2S/c1-27(2)44-53(78)35-19-17-21-37(35)61(84)71(13)25-40(75)73(15)50(29(5)6)63(86)88-33(11)46(59(82)67-44)69-57(80)39-24-23-31(9)55-48(39)66-49-42(43(65)52(77)32(10)56(49)90-55)58(81)70-47-34(12)89-64(87)51(30(7)8)74(16)41(76)26-72(14)62(85)38-22-18-20-36(38)54(79)45(28(3)4)68-60(47)83;1-20-15(19)18-14-16-12-8-7-11(9-13(12)17-14)21-10-5-3-2-4-6-10/h23-24,27-30,33-38,44-47,50-51H,17-22,25-26,65H2,1-16H3,(H,67,82)(H,68,83)(H,69,80)(H,70,81);2-9H,1H3,(H2,16,17,18,19). The normalized spacial score (nSPS) is 24.5. The molecule has 32 heteroatoms. The number of ether oxygens (including phenoxy) is 3. The number of anilines is 2. The Labute approximate surface area is 647 Å². The number of likely N-dealkylation sites (N-methyl/N-ethyl adjacent to an activating group) is 4. The number of hydrogen-bond donors (Lipinski definition) is 7. The maximum absolute atomic E-state index is 15.2. The van der Waals surface area contributed by atoms with Gasteiger partial charge < -0.3 is 70.2 Å². The summed E-state index contributed by atoms with van der Waals surface area (Å²) in [6, 6.07) is 10.3. The fourth-order valence-corrected chi connectivity index (χ4v) is 15.9. The summed E-state index contributed by atoms with van der Waals surface area (Å²) in [6.45, 7) is 18.3. The predicted molar refractivity (Wildman–Crippen MR) is 410 cm³/mol. The third-order valence-electron chi connectivity index (χ3n) is 21.2. The first-order chi connectivity index (χ1) is 52.3. The molecule has 12 atom stereocenters. The Balaban J connectivity index is 0.000000574. The molecule has 1 aromatic heterocycles. The summed E-state index contributed by atoms with van der Waals surface area (Å²) < 4.78 is 22.9. The molecule has 596 valence electrons. The molecule has 10 rings (SSSR count). The Morgan fingerprint density at radius 3 is 1.58 bits per heavy atom. The number of fused-ring (bicyclic) bond motifs is 5. The van der Waals surface area contributed by atoms with Gasteiger partial charge in [0, 0.05) is 67.2 Å². The number of nitrogens with two attached hydrogens (primary N) is 1. The van der Waals surface area contributed by atoms with E-state index in [1.54, 1.807) is 74.1 Å². The van der Waals surface area contributed by atoms with Crippen LogP contribution in [-0.4, -0.2) is 208 Å². The van der Waals surface area contributed by atoms with Crippen molar-refractivity contribution in [2.75, 3.05) is 59.4 Å². The van der Waals surface area contributed by atoms with Gasteiger partial charge >= 0.3 is 18.0 Å². The zero-order chi connectivity index (χ0) is 81.6. The molecule has 2 saturated heterocycles. The van der Waals surface area contributed by atoms with Gasteiger partial charge in [-0.25, -0.2) is 24.4 Å². The maximum Gasteiger partial charge on any atom is 0.413 e. The number of aromatic nitrogens is 3. The van der Waals surface area contributed by atoms with Crippen LogP contribution in [-0.2, 0) is 62.2 Å². The first-order valence-corrected chi connectivity index (χ1v) is 38.1. The number of hydrogen-bond acceptors (Lipinski definition) is 22. The molecule has 12 unspecified atom stereocenters. The van der Waals surface area contributed by atoms with E-state index in [4.69, 9.17) is 24.6 Å². The third-order valence-corrected chi connectivity index (χ3v) is 22.2. The summed E-state index contributed by atoms with van der Waals surface area (Å²) in [7, 11) is 6.98. The Hall–Kier alpha value is -10.8. The largest absolute Gasteiger partial charge is 0.458 e. The highest BCUT2D eigenvalue weighted by molar-refractivity contribution is 7.99. The highest BCUT2D eigenvalue weighted by atomic mass is 32.2. The molecular formula is C79H101N13O18S. The van der Waals surface area contributed by atoms with Crippen molar-refractivity contribution in [3.8, 4) is 11.5 Å². The van der Waals surface area contributed by atoms with Gasteiger partial charge in [-0.3, -0.25) is 58.1 Å². The molecule has 3 aliphatic carbocycles. The molecule has 8 N–H and O–H groups in total. The number of nitrogens with one attached hydrogen (secondary N) is 6. The quantitative estimate of drug-likeness (QED) is 0.0310. The van der Waals surface area contributed by atoms with Crippen LogP contribution in [0.25, 0.3) is 33.6 Å². The van der Waals surface area contributed by atoms with Gasteiger partial charge in [0.05, 0.1) is 60.1 Å². The lowest BCUT2D eigenvalue weighted by atomic mass is 9.83. The number of ketones is 2. The van der Waals surface area contributed by atoms with Crippen LogP contribution in [0.5, 0.6) is 0 Å². The number of benzene rings is 4. The van der Waals surface area contributed by atoms with Crippen molar-refractivity contribution in [3.63, 3.8) is 0 Å². The minimum absolute atomic E-state index is 0.0668. The zero-order valence-corrected chi connectivity index (χ0v) is 66.5. The number of H-pyrrole nitrogens is 1. The molecule has 4 fully saturated rings. The second kappa shape index (κ2) is 35.5. The number of aryl methyl sites for hydroxylation is 1. The maximum atomic E-state index is 15.2. The van der Waals surface area contributed by atoms with Gasteiger partial charge in [-0.05, 0) is 119 Å². The summed E-state index contributed by atoms with van der Waals surface area (Å²) in [5, 5.41) is 13.3. The van der Waals surface area contributed by atoms with E-state index in [0.717, 1.165) is 25.7 Å². The molecule has 0 radical (unpaired) electrons. The van der Waals surface area contributed by atoms with Gasteiger partial charge in [0.1, 0.15) is 47.6 Å². The smallest absolute Gasteiger partial charge is 0.413 e. The molecular weight excluding hydrogens is 1450 g/mol. The van der Waals surface area contributed by atoms with Crippen LogP contribution in [0, 0.1) is 61.2 Å². The van der Waals surface area contributed by atoms with E-state index in [-0.39, 0.29) is 33.7 Å². The number of rotatable bonds is 11. The Morgan fingerprint density at radius 1 is 0.613 bits per heavy atom. The van der Waals surface area contributed by atoms with E-state index in [9.17, 15) is 57.5 Å². The van der Waals surface area contributed by atoms with Crippen LogP contribution in [0.3, 0.4) is 0 Å². The number of Topliss-reactive ketones (excluding diaryl/α,β-unsaturated/α-hetero) is 2. The molecule has 4 aromatic rings. The molecule has 4 heterocycles. The molecule has 0 bridgehead atoms. The number of esters is 2. The number of nitrogens with zero attached hydrogens (tertiary/aromatic N) is 6. The molecule has 2 saturated carbocycles. The minimum atomic E-state index is -1.86. The van der Waals surface area contributed by atoms with E-state index < -0.39 is 202 Å². The lowest BCUT2D eigenvalue weighted by Gasteiger charge is -2.35. The molecule has 0 spiro atoms. The molecule has 31 nitrogen and oxygen atoms in total. The number of cyclic esters (lactones) is 2. The monoisotopic (exact) mass is 1550 g/mol. The van der Waals surface area contributed by atoms with Gasteiger partial charge in [-0.2, -0.15) is 0 Å². The van der Waals surface area contributed by atoms with Crippen LogP contribution >= 0.6 is 11.8 Å². The number of carbonyl (C=O) groups is 13. The van der Waals surface area contributed by atoms with Crippen LogP contribution in [0.4, 0.5) is 16.4 Å². The van der Waals surface area contributed by atoms with E-state index in [1.807, 2.05) is 36.4 Å². The first kappa shape index (κ1) is 84.2. The highest BCUT2D eigenvalue weighted by Crippen LogP contribution is 2.39. The molecule has 6 aliphatic rings. The van der Waals surface area contributed by atoms with Gasteiger partial charge in [0.25, 0.3) is 11.8 Å². The lowest BCUT2D eigenvalue weighted by molar-refractivity contribution is -0.163. The van der Waals surface area contributed by atoms with Crippen molar-refractivity contribution in [1.29, 1.82) is 0 Å². The van der Waals surface area contributed by atoms with Crippen molar-refractivity contribution in [2.45, 2.75) is 180 Å². The number of aromatic amines is 1. The van der Waals surface area contributed by atoms with Crippen molar-refractivity contribution >= 4 is 122 Å². The summed E-state index contributed by atoms with van der Waals surface area (Å²) in [5.74, 6) is -14.5. The molecule has 111 heavy (non-hydrogen) atoms. The van der Waals surface area contributed by atoms with Gasteiger partial charge in [0.2, 0.25) is 46.8 Å². The van der Waals surface area contributed by atoms with Crippen LogP contribution in [0.1, 0.15) is 140 Å². The van der Waals surface area contributed by atoms with Gasteiger partial charge in [0.15, 0.2) is 22.9 Å².